The van der Waals surface area contributed by atoms with Gasteiger partial charge in [-0.3, -0.25) is 4.79 Å². The van der Waals surface area contributed by atoms with E-state index in [1.54, 1.807) is 12.1 Å². The lowest BCUT2D eigenvalue weighted by Gasteiger charge is -2.05. The van der Waals surface area contributed by atoms with E-state index in [9.17, 15) is 9.90 Å². The van der Waals surface area contributed by atoms with Crippen molar-refractivity contribution in [3.05, 3.63) is 24.2 Å². The molecule has 0 fully saturated rings. The zero-order valence-electron chi connectivity index (χ0n) is 8.40. The van der Waals surface area contributed by atoms with Crippen LogP contribution in [0.4, 0.5) is 0 Å². The van der Waals surface area contributed by atoms with Crippen LogP contribution in [0.1, 0.15) is 44.5 Å². The summed E-state index contributed by atoms with van der Waals surface area (Å²) in [5.74, 6) is 0.561. The molecule has 3 nitrogen and oxygen atoms in total. The third-order valence-electron chi connectivity index (χ3n) is 2.10. The Kier molecular flexibility index (Phi) is 4.40. The molecule has 3 heteroatoms. The fourth-order valence-electron chi connectivity index (χ4n) is 1.27. The molecule has 0 saturated heterocycles. The minimum atomic E-state index is -0.783. The molecule has 1 N–H and O–H groups in total. The van der Waals surface area contributed by atoms with Crippen LogP contribution in [0.15, 0.2) is 22.8 Å². The van der Waals surface area contributed by atoms with Crippen LogP contribution in [-0.4, -0.2) is 10.9 Å². The van der Waals surface area contributed by atoms with Gasteiger partial charge in [-0.15, -0.1) is 0 Å². The van der Waals surface area contributed by atoms with E-state index in [2.05, 4.69) is 0 Å². The van der Waals surface area contributed by atoms with E-state index in [4.69, 9.17) is 4.42 Å². The molecule has 0 radical (unpaired) electrons. The number of Topliss-reactive ketones (excluding diaryl/α,β-unsaturated/α-hetero) is 1. The molecule has 0 spiro atoms. The zero-order chi connectivity index (χ0) is 10.4. The maximum absolute atomic E-state index is 11.3. The molecular weight excluding hydrogens is 180 g/mol. The van der Waals surface area contributed by atoms with E-state index < -0.39 is 6.10 Å². The summed E-state index contributed by atoms with van der Waals surface area (Å²) in [5.41, 5.74) is 0. The molecule has 0 unspecified atom stereocenters. The lowest BCUT2D eigenvalue weighted by molar-refractivity contribution is -0.121. The number of aliphatic hydroxyl groups is 1. The first-order valence-corrected chi connectivity index (χ1v) is 4.97. The van der Waals surface area contributed by atoms with Crippen LogP contribution < -0.4 is 0 Å². The number of carbonyl (C=O) groups is 1. The molecule has 14 heavy (non-hydrogen) atoms. The van der Waals surface area contributed by atoms with Crippen LogP contribution >= 0.6 is 0 Å². The molecule has 0 aliphatic carbocycles. The molecule has 1 heterocycles. The normalized spacial score (nSPS) is 12.7. The van der Waals surface area contributed by atoms with Crippen molar-refractivity contribution in [1.82, 2.24) is 0 Å². The van der Waals surface area contributed by atoms with Crippen molar-refractivity contribution in [2.45, 2.75) is 38.7 Å². The third kappa shape index (κ3) is 3.34. The number of hydrogen-bond acceptors (Lipinski definition) is 3. The Balaban J connectivity index is 2.33. The molecule has 0 aromatic carbocycles. The van der Waals surface area contributed by atoms with E-state index in [0.29, 0.717) is 12.2 Å². The van der Waals surface area contributed by atoms with Gasteiger partial charge >= 0.3 is 0 Å². The second-order valence-corrected chi connectivity index (χ2v) is 3.38. The van der Waals surface area contributed by atoms with Crippen LogP contribution in [0.25, 0.3) is 0 Å². The van der Waals surface area contributed by atoms with Crippen molar-refractivity contribution in [2.75, 3.05) is 0 Å². The van der Waals surface area contributed by atoms with Crippen LogP contribution in [0.3, 0.4) is 0 Å². The van der Waals surface area contributed by atoms with E-state index >= 15 is 0 Å². The lowest BCUT2D eigenvalue weighted by Crippen LogP contribution is -2.05. The van der Waals surface area contributed by atoms with Crippen molar-refractivity contribution >= 4 is 5.78 Å². The van der Waals surface area contributed by atoms with Crippen LogP contribution in [0.2, 0.25) is 0 Å². The standard InChI is InChI=1S/C11H16O3/c1-2-3-5-9(12)8-10(13)11-6-4-7-14-11/h4,6-7,10,13H,2-3,5,8H2,1H3/t10-/m0/s1. The quantitative estimate of drug-likeness (QED) is 0.760. The highest BCUT2D eigenvalue weighted by molar-refractivity contribution is 5.78. The van der Waals surface area contributed by atoms with Gasteiger partial charge in [-0.1, -0.05) is 13.3 Å². The largest absolute Gasteiger partial charge is 0.467 e. The average molecular weight is 196 g/mol. The van der Waals surface area contributed by atoms with Gasteiger partial charge in [0.2, 0.25) is 0 Å². The summed E-state index contributed by atoms with van der Waals surface area (Å²) in [6, 6.07) is 3.38. The van der Waals surface area contributed by atoms with Crippen LogP contribution in [0, 0.1) is 0 Å². The molecule has 0 aliphatic rings. The summed E-state index contributed by atoms with van der Waals surface area (Å²) in [6.45, 7) is 2.04. The van der Waals surface area contributed by atoms with Gasteiger partial charge in [0.05, 0.1) is 6.26 Å². The van der Waals surface area contributed by atoms with Gasteiger partial charge in [0.15, 0.2) is 0 Å². The maximum atomic E-state index is 11.3. The number of hydrogen-bond donors (Lipinski definition) is 1. The molecule has 1 aromatic rings. The number of ketones is 1. The van der Waals surface area contributed by atoms with Crippen LogP contribution in [-0.2, 0) is 4.79 Å². The highest BCUT2D eigenvalue weighted by atomic mass is 16.4. The second-order valence-electron chi connectivity index (χ2n) is 3.38. The second kappa shape index (κ2) is 5.60. The first-order chi connectivity index (χ1) is 6.74. The Morgan fingerprint density at radius 1 is 1.64 bits per heavy atom. The first kappa shape index (κ1) is 11.0. The van der Waals surface area contributed by atoms with E-state index in [1.165, 1.54) is 6.26 Å². The Morgan fingerprint density at radius 2 is 2.43 bits per heavy atom. The zero-order valence-corrected chi connectivity index (χ0v) is 8.40. The summed E-state index contributed by atoms with van der Waals surface area (Å²) in [6.07, 6.45) is 3.32. The fourth-order valence-corrected chi connectivity index (χ4v) is 1.27. The van der Waals surface area contributed by atoms with Gasteiger partial charge in [0.1, 0.15) is 17.6 Å². The Hall–Kier alpha value is -1.09. The Labute approximate surface area is 83.7 Å². The van der Waals surface area contributed by atoms with Gasteiger partial charge in [0.25, 0.3) is 0 Å². The first-order valence-electron chi connectivity index (χ1n) is 4.97. The van der Waals surface area contributed by atoms with Crippen molar-refractivity contribution in [1.29, 1.82) is 0 Å². The number of furan rings is 1. The molecule has 0 aliphatic heterocycles. The van der Waals surface area contributed by atoms with Gasteiger partial charge in [-0.05, 0) is 18.6 Å². The Morgan fingerprint density at radius 3 is 3.00 bits per heavy atom. The molecule has 0 bridgehead atoms. The molecular formula is C11H16O3. The lowest BCUT2D eigenvalue weighted by atomic mass is 10.1. The van der Waals surface area contributed by atoms with Crippen molar-refractivity contribution in [3.8, 4) is 0 Å². The predicted molar refractivity (Wildman–Crippen MR) is 52.8 cm³/mol. The third-order valence-corrected chi connectivity index (χ3v) is 2.10. The van der Waals surface area contributed by atoms with Crippen molar-refractivity contribution in [3.63, 3.8) is 0 Å². The van der Waals surface area contributed by atoms with Gasteiger partial charge in [0, 0.05) is 12.8 Å². The molecule has 1 rings (SSSR count). The van der Waals surface area contributed by atoms with Gasteiger partial charge in [-0.2, -0.15) is 0 Å². The van der Waals surface area contributed by atoms with Crippen LogP contribution in [0.5, 0.6) is 0 Å². The topological polar surface area (TPSA) is 50.4 Å². The minimum Gasteiger partial charge on any atom is -0.467 e. The van der Waals surface area contributed by atoms with Crippen molar-refractivity contribution < 1.29 is 14.3 Å². The number of unbranched alkanes of at least 4 members (excludes halogenated alkanes) is 1. The molecule has 1 aromatic heterocycles. The maximum Gasteiger partial charge on any atom is 0.135 e. The summed E-state index contributed by atoms with van der Waals surface area (Å²) in [4.78, 5) is 11.3. The average Bonchev–Trinajstić information content (AvgIpc) is 2.67. The van der Waals surface area contributed by atoms with E-state index in [1.807, 2.05) is 6.92 Å². The van der Waals surface area contributed by atoms with E-state index in [-0.39, 0.29) is 12.2 Å². The number of aliphatic hydroxyl groups excluding tert-OH is 1. The summed E-state index contributed by atoms with van der Waals surface area (Å²) in [5, 5.41) is 9.56. The highest BCUT2D eigenvalue weighted by Crippen LogP contribution is 2.18. The predicted octanol–water partition coefficient (Wildman–Crippen LogP) is 2.46. The van der Waals surface area contributed by atoms with Gasteiger partial charge < -0.3 is 9.52 Å². The molecule has 0 saturated carbocycles. The summed E-state index contributed by atoms with van der Waals surface area (Å²) < 4.78 is 5.00. The SMILES string of the molecule is CCCCC(=O)C[C@H](O)c1ccco1. The highest BCUT2D eigenvalue weighted by Gasteiger charge is 2.14. The van der Waals surface area contributed by atoms with Crippen molar-refractivity contribution in [2.24, 2.45) is 0 Å². The smallest absolute Gasteiger partial charge is 0.135 e. The monoisotopic (exact) mass is 196 g/mol. The number of carbonyl (C=O) groups excluding carboxylic acids is 1. The summed E-state index contributed by atoms with van der Waals surface area (Å²) in [7, 11) is 0. The molecule has 0 amide bonds. The fraction of sp³-hybridized carbons (Fsp3) is 0.545. The summed E-state index contributed by atoms with van der Waals surface area (Å²) >= 11 is 0. The molecule has 78 valence electrons. The minimum absolute atomic E-state index is 0.0933. The number of rotatable bonds is 6. The molecule has 1 atom stereocenters. The Bertz CT molecular complexity index is 264. The van der Waals surface area contributed by atoms with Gasteiger partial charge in [-0.25, -0.2) is 0 Å². The van der Waals surface area contributed by atoms with E-state index in [0.717, 1.165) is 12.8 Å².